The number of allylic oxidation sites excluding steroid dienone is 1. The van der Waals surface area contributed by atoms with Gasteiger partial charge in [-0.25, -0.2) is 4.98 Å². The first kappa shape index (κ1) is 14.6. The Hall–Kier alpha value is -2.45. The predicted octanol–water partition coefficient (Wildman–Crippen LogP) is 2.60. The number of hydrogen-bond donors (Lipinski definition) is 2. The van der Waals surface area contributed by atoms with E-state index in [0.717, 1.165) is 6.20 Å². The van der Waals surface area contributed by atoms with Crippen LogP contribution in [-0.4, -0.2) is 4.98 Å². The topological polar surface area (TPSA) is 84.5 Å². The van der Waals surface area contributed by atoms with Crippen LogP contribution in [0.3, 0.4) is 0 Å². The highest BCUT2D eigenvalue weighted by Crippen LogP contribution is 2.32. The second kappa shape index (κ2) is 5.94. The molecule has 0 amide bonds. The van der Waals surface area contributed by atoms with Crippen molar-refractivity contribution in [2.24, 2.45) is 0 Å². The summed E-state index contributed by atoms with van der Waals surface area (Å²) in [4.78, 5) is 3.47. The number of nitrogens with one attached hydrogen (secondary N) is 2. The third-order valence-electron chi connectivity index (χ3n) is 1.82. The number of nitriles is 2. The summed E-state index contributed by atoms with van der Waals surface area (Å²) in [6, 6.07) is 3.86. The fraction of sp³-hybridized carbons (Fsp3) is 0.100. The van der Waals surface area contributed by atoms with Crippen molar-refractivity contribution in [1.82, 2.24) is 10.4 Å². The number of aromatic nitrogens is 1. The number of anilines is 1. The third-order valence-corrected chi connectivity index (χ3v) is 2.10. The lowest BCUT2D eigenvalue weighted by molar-refractivity contribution is -0.137. The average molecular weight is 288 g/mol. The lowest BCUT2D eigenvalue weighted by Crippen LogP contribution is -2.17. The van der Waals surface area contributed by atoms with Gasteiger partial charge < -0.3 is 5.43 Å². The van der Waals surface area contributed by atoms with Crippen LogP contribution in [0.15, 0.2) is 24.0 Å². The molecular weight excluding hydrogens is 283 g/mol. The molecule has 0 saturated carbocycles. The number of pyridine rings is 1. The lowest BCUT2D eigenvalue weighted by Gasteiger charge is -2.10. The van der Waals surface area contributed by atoms with Gasteiger partial charge in [0.05, 0.1) is 10.6 Å². The molecule has 0 atom stereocenters. The second-order valence-corrected chi connectivity index (χ2v) is 3.51. The van der Waals surface area contributed by atoms with E-state index >= 15 is 0 Å². The van der Waals surface area contributed by atoms with Crippen LogP contribution in [0.2, 0.25) is 5.02 Å². The summed E-state index contributed by atoms with van der Waals surface area (Å²) >= 11 is 5.60. The summed E-state index contributed by atoms with van der Waals surface area (Å²) in [5.74, 6) is -0.0684. The van der Waals surface area contributed by atoms with Crippen molar-refractivity contribution in [3.63, 3.8) is 0 Å². The SMILES string of the molecule is N#CC(C#N)=CNNc1ncc(C(F)(F)F)cc1Cl. The number of nitrogens with zero attached hydrogens (tertiary/aromatic N) is 3. The predicted molar refractivity (Wildman–Crippen MR) is 60.3 cm³/mol. The van der Waals surface area contributed by atoms with E-state index in [1.54, 1.807) is 12.1 Å². The van der Waals surface area contributed by atoms with Crippen LogP contribution in [0.1, 0.15) is 5.56 Å². The molecule has 0 aromatic carbocycles. The minimum atomic E-state index is -4.53. The minimum Gasteiger partial charge on any atom is -0.305 e. The fourth-order valence-corrected chi connectivity index (χ4v) is 1.16. The molecule has 1 aromatic rings. The van der Waals surface area contributed by atoms with E-state index < -0.39 is 11.7 Å². The van der Waals surface area contributed by atoms with Crippen LogP contribution in [0.5, 0.6) is 0 Å². The molecule has 0 aliphatic heterocycles. The molecule has 2 N–H and O–H groups in total. The molecule has 1 aromatic heterocycles. The summed E-state index contributed by atoms with van der Waals surface area (Å²) in [5, 5.41) is 16.6. The molecule has 0 unspecified atom stereocenters. The quantitative estimate of drug-likeness (QED) is 0.659. The Morgan fingerprint density at radius 2 is 2.00 bits per heavy atom. The number of hydrogen-bond acceptors (Lipinski definition) is 5. The van der Waals surface area contributed by atoms with Crippen LogP contribution < -0.4 is 10.9 Å². The summed E-state index contributed by atoms with van der Waals surface area (Å²) < 4.78 is 37.0. The molecular formula is C10H5ClF3N5. The van der Waals surface area contributed by atoms with Gasteiger partial charge in [-0.1, -0.05) is 11.6 Å². The van der Waals surface area contributed by atoms with Gasteiger partial charge in [-0.2, -0.15) is 23.7 Å². The van der Waals surface area contributed by atoms with Gasteiger partial charge >= 0.3 is 6.18 Å². The first-order valence-corrected chi connectivity index (χ1v) is 5.01. The number of hydrazine groups is 1. The smallest absolute Gasteiger partial charge is 0.305 e. The summed E-state index contributed by atoms with van der Waals surface area (Å²) in [5.41, 5.74) is 3.46. The van der Waals surface area contributed by atoms with Crippen molar-refractivity contribution in [2.45, 2.75) is 6.18 Å². The van der Waals surface area contributed by atoms with Crippen molar-refractivity contribution in [3.8, 4) is 12.1 Å². The van der Waals surface area contributed by atoms with Gasteiger partial charge in [0, 0.05) is 12.4 Å². The van der Waals surface area contributed by atoms with Gasteiger partial charge in [0.25, 0.3) is 0 Å². The summed E-state index contributed by atoms with van der Waals surface area (Å²) in [7, 11) is 0. The minimum absolute atomic E-state index is 0.0684. The maximum absolute atomic E-state index is 12.3. The van der Waals surface area contributed by atoms with Crippen molar-refractivity contribution < 1.29 is 13.2 Å². The number of halogens is 4. The van der Waals surface area contributed by atoms with Gasteiger partial charge in [-0.05, 0) is 6.07 Å². The molecule has 0 aliphatic carbocycles. The molecule has 0 bridgehead atoms. The maximum atomic E-state index is 12.3. The lowest BCUT2D eigenvalue weighted by atomic mass is 10.3. The molecule has 0 spiro atoms. The van der Waals surface area contributed by atoms with Crippen molar-refractivity contribution in [3.05, 3.63) is 34.6 Å². The van der Waals surface area contributed by atoms with Gasteiger partial charge in [-0.15, -0.1) is 0 Å². The highest BCUT2D eigenvalue weighted by molar-refractivity contribution is 6.32. The Morgan fingerprint density at radius 1 is 1.37 bits per heavy atom. The molecule has 98 valence electrons. The molecule has 5 nitrogen and oxygen atoms in total. The summed E-state index contributed by atoms with van der Waals surface area (Å²) in [6.07, 6.45) is -2.90. The van der Waals surface area contributed by atoms with E-state index in [0.29, 0.717) is 12.3 Å². The molecule has 1 heterocycles. The van der Waals surface area contributed by atoms with Crippen molar-refractivity contribution in [2.75, 3.05) is 5.43 Å². The average Bonchev–Trinajstić information content (AvgIpc) is 2.35. The van der Waals surface area contributed by atoms with E-state index in [-0.39, 0.29) is 16.4 Å². The van der Waals surface area contributed by atoms with E-state index in [1.807, 2.05) is 0 Å². The Kier molecular flexibility index (Phi) is 4.56. The van der Waals surface area contributed by atoms with Crippen LogP contribution in [0.4, 0.5) is 19.0 Å². The maximum Gasteiger partial charge on any atom is 0.417 e. The Balaban J connectivity index is 2.81. The number of rotatable bonds is 3. The van der Waals surface area contributed by atoms with Crippen LogP contribution in [-0.2, 0) is 6.18 Å². The van der Waals surface area contributed by atoms with E-state index in [9.17, 15) is 13.2 Å². The van der Waals surface area contributed by atoms with Crippen LogP contribution in [0.25, 0.3) is 0 Å². The van der Waals surface area contributed by atoms with Crippen LogP contribution >= 0.6 is 11.6 Å². The first-order valence-electron chi connectivity index (χ1n) is 4.63. The van der Waals surface area contributed by atoms with Gasteiger partial charge in [0.15, 0.2) is 5.82 Å². The first-order chi connectivity index (χ1) is 8.88. The number of alkyl halides is 3. The van der Waals surface area contributed by atoms with E-state index in [1.165, 1.54) is 0 Å². The normalized spacial score (nSPS) is 10.0. The molecule has 0 fully saturated rings. The fourth-order valence-electron chi connectivity index (χ4n) is 0.951. The Bertz CT molecular complexity index is 566. The van der Waals surface area contributed by atoms with Crippen LogP contribution in [0, 0.1) is 22.7 Å². The summed E-state index contributed by atoms with van der Waals surface area (Å²) in [6.45, 7) is 0. The van der Waals surface area contributed by atoms with Gasteiger partial charge in [0.1, 0.15) is 17.7 Å². The highest BCUT2D eigenvalue weighted by atomic mass is 35.5. The highest BCUT2D eigenvalue weighted by Gasteiger charge is 2.31. The molecule has 1 rings (SSSR count). The van der Waals surface area contributed by atoms with E-state index in [4.69, 9.17) is 22.1 Å². The molecule has 9 heteroatoms. The monoisotopic (exact) mass is 287 g/mol. The second-order valence-electron chi connectivity index (χ2n) is 3.10. The molecule has 0 radical (unpaired) electrons. The van der Waals surface area contributed by atoms with Crippen molar-refractivity contribution >= 4 is 17.4 Å². The molecule has 0 aliphatic rings. The zero-order chi connectivity index (χ0) is 14.5. The van der Waals surface area contributed by atoms with Crippen molar-refractivity contribution in [1.29, 1.82) is 10.5 Å². The zero-order valence-corrected chi connectivity index (χ0v) is 9.84. The molecule has 0 saturated heterocycles. The standard InChI is InChI=1S/C10H5ClF3N5/c11-8-1-7(10(12,13)14)5-17-9(8)19-18-4-6(2-15)3-16/h1,4-5,18H,(H,17,19). The largest absolute Gasteiger partial charge is 0.417 e. The molecule has 19 heavy (non-hydrogen) atoms. The Morgan fingerprint density at radius 3 is 2.47 bits per heavy atom. The third kappa shape index (κ3) is 4.05. The van der Waals surface area contributed by atoms with Gasteiger partial charge in [0.2, 0.25) is 0 Å². The van der Waals surface area contributed by atoms with E-state index in [2.05, 4.69) is 15.8 Å². The zero-order valence-electron chi connectivity index (χ0n) is 9.09. The van der Waals surface area contributed by atoms with Gasteiger partial charge in [-0.3, -0.25) is 5.43 Å². The Labute approximate surface area is 110 Å².